The number of nitrogens with zero attached hydrogens (tertiary/aromatic N) is 1. The lowest BCUT2D eigenvalue weighted by Gasteiger charge is -2.12. The number of halogens is 5. The molecule has 4 aromatic carbocycles. The van der Waals surface area contributed by atoms with Gasteiger partial charge in [-0.3, -0.25) is 0 Å². The van der Waals surface area contributed by atoms with Gasteiger partial charge in [-0.2, -0.15) is 5.26 Å². The average molecular weight is 423 g/mol. The zero-order chi connectivity index (χ0) is 22.3. The molecule has 0 unspecified atom stereocenters. The lowest BCUT2D eigenvalue weighted by atomic mass is 9.95. The first kappa shape index (κ1) is 20.5. The standard InChI is InChI=1S/C25H14F5N/c1-2-13-3-5-17-14(7-13)4-6-18(25(17)30)15-8-22(28)24(23(29)9-15)16-10-20(26)19(12-31)21(27)11-16/h3-11H,2H2,1H3. The molecule has 31 heavy (non-hydrogen) atoms. The van der Waals surface area contributed by atoms with Crippen LogP contribution in [-0.4, -0.2) is 0 Å². The predicted octanol–water partition coefficient (Wildman–Crippen LogP) is 7.30. The smallest absolute Gasteiger partial charge is 0.144 e. The molecular weight excluding hydrogens is 409 g/mol. The zero-order valence-corrected chi connectivity index (χ0v) is 16.2. The van der Waals surface area contributed by atoms with Crippen LogP contribution in [0.3, 0.4) is 0 Å². The van der Waals surface area contributed by atoms with E-state index >= 15 is 4.39 Å². The molecule has 0 bridgehead atoms. The molecule has 4 aromatic rings. The van der Waals surface area contributed by atoms with E-state index in [1.165, 1.54) is 12.1 Å². The van der Waals surface area contributed by atoms with Crippen LogP contribution in [0.4, 0.5) is 22.0 Å². The Labute approximate surface area is 175 Å². The molecule has 4 rings (SSSR count). The number of hydrogen-bond acceptors (Lipinski definition) is 1. The summed E-state index contributed by atoms with van der Waals surface area (Å²) in [6.45, 7) is 1.98. The predicted molar refractivity (Wildman–Crippen MR) is 109 cm³/mol. The summed E-state index contributed by atoms with van der Waals surface area (Å²) in [7, 11) is 0. The molecular formula is C25H14F5N. The third-order valence-corrected chi connectivity index (χ3v) is 5.22. The molecule has 0 saturated heterocycles. The molecule has 0 aromatic heterocycles. The van der Waals surface area contributed by atoms with Crippen molar-refractivity contribution in [1.29, 1.82) is 5.26 Å². The molecule has 0 aliphatic heterocycles. The molecule has 154 valence electrons. The Balaban J connectivity index is 1.85. The topological polar surface area (TPSA) is 23.8 Å². The van der Waals surface area contributed by atoms with Crippen LogP contribution in [0.25, 0.3) is 33.0 Å². The first-order chi connectivity index (χ1) is 14.8. The third-order valence-electron chi connectivity index (χ3n) is 5.22. The van der Waals surface area contributed by atoms with E-state index in [0.717, 1.165) is 24.1 Å². The fraction of sp³-hybridized carbons (Fsp3) is 0.0800. The van der Waals surface area contributed by atoms with Crippen molar-refractivity contribution in [3.8, 4) is 28.3 Å². The minimum absolute atomic E-state index is 0.00159. The highest BCUT2D eigenvalue weighted by Crippen LogP contribution is 2.35. The van der Waals surface area contributed by atoms with Crippen LogP contribution in [0.2, 0.25) is 0 Å². The zero-order valence-electron chi connectivity index (χ0n) is 16.2. The highest BCUT2D eigenvalue weighted by Gasteiger charge is 2.20. The molecule has 0 radical (unpaired) electrons. The summed E-state index contributed by atoms with van der Waals surface area (Å²) in [6, 6.07) is 12.9. The molecule has 0 heterocycles. The summed E-state index contributed by atoms with van der Waals surface area (Å²) in [5.74, 6) is -5.30. The van der Waals surface area contributed by atoms with Gasteiger partial charge in [-0.15, -0.1) is 0 Å². The van der Waals surface area contributed by atoms with E-state index in [2.05, 4.69) is 0 Å². The second-order valence-corrected chi connectivity index (χ2v) is 7.08. The molecule has 0 aliphatic rings. The van der Waals surface area contributed by atoms with E-state index in [4.69, 9.17) is 5.26 Å². The summed E-state index contributed by atoms with van der Waals surface area (Å²) < 4.78 is 72.5. The molecule has 0 N–H and O–H groups in total. The van der Waals surface area contributed by atoms with Gasteiger partial charge in [0.2, 0.25) is 0 Å². The number of aryl methyl sites for hydroxylation is 1. The monoisotopic (exact) mass is 423 g/mol. The van der Waals surface area contributed by atoms with Gasteiger partial charge in [-0.05, 0) is 52.8 Å². The van der Waals surface area contributed by atoms with Crippen LogP contribution in [-0.2, 0) is 6.42 Å². The second kappa shape index (κ2) is 7.84. The number of nitriles is 1. The average Bonchev–Trinajstić information content (AvgIpc) is 2.73. The molecule has 0 aliphatic carbocycles. The Bertz CT molecular complexity index is 1340. The quantitative estimate of drug-likeness (QED) is 0.317. The van der Waals surface area contributed by atoms with Gasteiger partial charge in [0, 0.05) is 10.9 Å². The Morgan fingerprint density at radius 1 is 0.742 bits per heavy atom. The highest BCUT2D eigenvalue weighted by molar-refractivity contribution is 5.89. The van der Waals surface area contributed by atoms with Crippen LogP contribution in [0.15, 0.2) is 54.6 Å². The maximum absolute atomic E-state index is 15.1. The van der Waals surface area contributed by atoms with Crippen molar-refractivity contribution in [3.05, 3.63) is 94.8 Å². The van der Waals surface area contributed by atoms with Crippen molar-refractivity contribution in [2.24, 2.45) is 0 Å². The Hall–Kier alpha value is -3.72. The number of hydrogen-bond donors (Lipinski definition) is 0. The van der Waals surface area contributed by atoms with Crippen molar-refractivity contribution in [2.45, 2.75) is 13.3 Å². The number of fused-ring (bicyclic) bond motifs is 1. The van der Waals surface area contributed by atoms with Crippen LogP contribution in [0.1, 0.15) is 18.1 Å². The van der Waals surface area contributed by atoms with Gasteiger partial charge < -0.3 is 0 Å². The molecule has 0 fully saturated rings. The molecule has 0 amide bonds. The van der Waals surface area contributed by atoms with E-state index in [9.17, 15) is 17.6 Å². The number of rotatable bonds is 3. The molecule has 0 saturated carbocycles. The Morgan fingerprint density at radius 3 is 1.94 bits per heavy atom. The molecule has 6 heteroatoms. The van der Waals surface area contributed by atoms with Crippen LogP contribution in [0.5, 0.6) is 0 Å². The van der Waals surface area contributed by atoms with Gasteiger partial charge in [-0.25, -0.2) is 22.0 Å². The fourth-order valence-electron chi connectivity index (χ4n) is 3.61. The fourth-order valence-corrected chi connectivity index (χ4v) is 3.61. The van der Waals surface area contributed by atoms with Crippen molar-refractivity contribution >= 4 is 10.8 Å². The Kier molecular flexibility index (Phi) is 5.20. The van der Waals surface area contributed by atoms with Gasteiger partial charge in [-0.1, -0.05) is 37.3 Å². The van der Waals surface area contributed by atoms with Crippen LogP contribution >= 0.6 is 0 Å². The number of benzene rings is 4. The third kappa shape index (κ3) is 3.53. The normalized spacial score (nSPS) is 11.0. The van der Waals surface area contributed by atoms with Gasteiger partial charge in [0.15, 0.2) is 0 Å². The van der Waals surface area contributed by atoms with Crippen molar-refractivity contribution in [2.75, 3.05) is 0 Å². The highest BCUT2D eigenvalue weighted by atomic mass is 19.1. The van der Waals surface area contributed by atoms with E-state index < -0.39 is 45.8 Å². The van der Waals surface area contributed by atoms with Gasteiger partial charge in [0.25, 0.3) is 0 Å². The van der Waals surface area contributed by atoms with Crippen LogP contribution < -0.4 is 0 Å². The lowest BCUT2D eigenvalue weighted by Crippen LogP contribution is -1.97. The van der Waals surface area contributed by atoms with Gasteiger partial charge >= 0.3 is 0 Å². The Morgan fingerprint density at radius 2 is 1.35 bits per heavy atom. The van der Waals surface area contributed by atoms with Crippen molar-refractivity contribution in [3.63, 3.8) is 0 Å². The molecule has 0 spiro atoms. The van der Waals surface area contributed by atoms with E-state index in [1.807, 2.05) is 13.0 Å². The van der Waals surface area contributed by atoms with Crippen LogP contribution in [0, 0.1) is 40.4 Å². The summed E-state index contributed by atoms with van der Waals surface area (Å²) >= 11 is 0. The largest absolute Gasteiger partial charge is 0.206 e. The van der Waals surface area contributed by atoms with E-state index in [-0.39, 0.29) is 11.1 Å². The van der Waals surface area contributed by atoms with Crippen molar-refractivity contribution in [1.82, 2.24) is 0 Å². The van der Waals surface area contributed by atoms with Crippen molar-refractivity contribution < 1.29 is 22.0 Å². The summed E-state index contributed by atoms with van der Waals surface area (Å²) in [4.78, 5) is 0. The first-order valence-corrected chi connectivity index (χ1v) is 9.44. The minimum atomic E-state index is -1.23. The minimum Gasteiger partial charge on any atom is -0.206 e. The maximum atomic E-state index is 15.1. The molecule has 0 atom stereocenters. The maximum Gasteiger partial charge on any atom is 0.144 e. The SMILES string of the molecule is CCc1ccc2c(F)c(-c3cc(F)c(-c4cc(F)c(C#N)c(F)c4)c(F)c3)ccc2c1. The van der Waals surface area contributed by atoms with E-state index in [0.29, 0.717) is 22.9 Å². The summed E-state index contributed by atoms with van der Waals surface area (Å²) in [6.07, 6.45) is 0.785. The lowest BCUT2D eigenvalue weighted by molar-refractivity contribution is 0.573. The second-order valence-electron chi connectivity index (χ2n) is 7.08. The summed E-state index contributed by atoms with van der Waals surface area (Å²) in [5.41, 5.74) is -0.930. The van der Waals surface area contributed by atoms with E-state index in [1.54, 1.807) is 18.2 Å². The van der Waals surface area contributed by atoms with Gasteiger partial charge in [0.05, 0.1) is 5.56 Å². The first-order valence-electron chi connectivity index (χ1n) is 9.44. The van der Waals surface area contributed by atoms with Gasteiger partial charge in [0.1, 0.15) is 40.7 Å². The summed E-state index contributed by atoms with van der Waals surface area (Å²) in [5, 5.41) is 9.73. The molecule has 1 nitrogen and oxygen atoms in total.